The number of nitrogens with zero attached hydrogens (tertiary/aromatic N) is 2. The van der Waals surface area contributed by atoms with Gasteiger partial charge in [-0.1, -0.05) is 0 Å². The van der Waals surface area contributed by atoms with Crippen LogP contribution in [0.4, 0.5) is 0 Å². The van der Waals surface area contributed by atoms with Gasteiger partial charge in [-0.3, -0.25) is 4.68 Å². The molecule has 0 unspecified atom stereocenters. The lowest BCUT2D eigenvalue weighted by Crippen LogP contribution is -2.31. The van der Waals surface area contributed by atoms with E-state index in [1.165, 1.54) is 5.56 Å². The van der Waals surface area contributed by atoms with E-state index in [1.54, 1.807) is 0 Å². The van der Waals surface area contributed by atoms with Crippen LogP contribution in [0.25, 0.3) is 0 Å². The minimum absolute atomic E-state index is 0.308. The molecule has 4 heteroatoms. The van der Waals surface area contributed by atoms with Crippen LogP contribution >= 0.6 is 11.8 Å². The molecular formula is C10H19N3S. The van der Waals surface area contributed by atoms with Crippen molar-refractivity contribution in [3.63, 3.8) is 0 Å². The van der Waals surface area contributed by atoms with Crippen molar-refractivity contribution < 1.29 is 0 Å². The quantitative estimate of drug-likeness (QED) is 0.806. The third-order valence-electron chi connectivity index (χ3n) is 2.19. The van der Waals surface area contributed by atoms with Gasteiger partial charge in [0, 0.05) is 36.6 Å². The molecule has 0 aliphatic rings. The standard InChI is InChI=1S/C10H19N3S/c1-10(2,14-4)8-11-5-9-6-12-13(3)7-9/h6-7,11H,5,8H2,1-4H3. The van der Waals surface area contributed by atoms with Gasteiger partial charge in [-0.2, -0.15) is 16.9 Å². The molecule has 0 aromatic carbocycles. The molecule has 0 spiro atoms. The molecule has 1 aromatic heterocycles. The molecule has 0 fully saturated rings. The monoisotopic (exact) mass is 213 g/mol. The first-order valence-electron chi connectivity index (χ1n) is 4.77. The van der Waals surface area contributed by atoms with E-state index >= 15 is 0 Å². The van der Waals surface area contributed by atoms with Crippen LogP contribution in [0.15, 0.2) is 12.4 Å². The predicted octanol–water partition coefficient (Wildman–Crippen LogP) is 1.65. The Morgan fingerprint density at radius 2 is 2.29 bits per heavy atom. The van der Waals surface area contributed by atoms with Crippen LogP contribution in [0, 0.1) is 0 Å². The van der Waals surface area contributed by atoms with Gasteiger partial charge in [0.2, 0.25) is 0 Å². The first kappa shape index (κ1) is 11.6. The number of aromatic nitrogens is 2. The number of thioether (sulfide) groups is 1. The number of rotatable bonds is 5. The summed E-state index contributed by atoms with van der Waals surface area (Å²) in [6.07, 6.45) is 6.09. The zero-order valence-corrected chi connectivity index (χ0v) is 10.2. The van der Waals surface area contributed by atoms with Crippen LogP contribution in [0.5, 0.6) is 0 Å². The van der Waals surface area contributed by atoms with Crippen molar-refractivity contribution in [2.45, 2.75) is 25.1 Å². The highest BCUT2D eigenvalue weighted by atomic mass is 32.2. The van der Waals surface area contributed by atoms with Gasteiger partial charge in [0.15, 0.2) is 0 Å². The van der Waals surface area contributed by atoms with Crippen molar-refractivity contribution in [2.75, 3.05) is 12.8 Å². The second-order valence-electron chi connectivity index (χ2n) is 4.09. The van der Waals surface area contributed by atoms with Crippen molar-refractivity contribution >= 4 is 11.8 Å². The molecule has 0 radical (unpaired) electrons. The van der Waals surface area contributed by atoms with Crippen LogP contribution in [0.3, 0.4) is 0 Å². The molecule has 0 bridgehead atoms. The van der Waals surface area contributed by atoms with E-state index in [4.69, 9.17) is 0 Å². The van der Waals surface area contributed by atoms with Gasteiger partial charge >= 0.3 is 0 Å². The molecule has 0 atom stereocenters. The van der Waals surface area contributed by atoms with Crippen molar-refractivity contribution in [1.29, 1.82) is 0 Å². The van der Waals surface area contributed by atoms with E-state index in [9.17, 15) is 0 Å². The van der Waals surface area contributed by atoms with Gasteiger partial charge in [-0.25, -0.2) is 0 Å². The van der Waals surface area contributed by atoms with E-state index < -0.39 is 0 Å². The van der Waals surface area contributed by atoms with Crippen LogP contribution in [0.1, 0.15) is 19.4 Å². The summed E-state index contributed by atoms with van der Waals surface area (Å²) in [7, 11) is 1.94. The summed E-state index contributed by atoms with van der Waals surface area (Å²) in [5, 5.41) is 7.56. The zero-order valence-electron chi connectivity index (χ0n) is 9.37. The average molecular weight is 213 g/mol. The summed E-state index contributed by atoms with van der Waals surface area (Å²) in [6, 6.07) is 0. The summed E-state index contributed by atoms with van der Waals surface area (Å²) >= 11 is 1.88. The highest BCUT2D eigenvalue weighted by molar-refractivity contribution is 7.99. The molecule has 1 rings (SSSR count). The van der Waals surface area contributed by atoms with Crippen molar-refractivity contribution in [2.24, 2.45) is 7.05 Å². The highest BCUT2D eigenvalue weighted by Gasteiger charge is 2.14. The zero-order chi connectivity index (χ0) is 10.6. The molecule has 0 saturated heterocycles. The molecule has 1 N–H and O–H groups in total. The van der Waals surface area contributed by atoms with Gasteiger partial charge in [-0.15, -0.1) is 0 Å². The normalized spacial score (nSPS) is 12.0. The lowest BCUT2D eigenvalue weighted by Gasteiger charge is -2.22. The number of nitrogens with one attached hydrogen (secondary N) is 1. The Bertz CT molecular complexity index is 281. The highest BCUT2D eigenvalue weighted by Crippen LogP contribution is 2.19. The summed E-state index contributed by atoms with van der Waals surface area (Å²) in [5.74, 6) is 0. The fourth-order valence-electron chi connectivity index (χ4n) is 1.14. The molecule has 1 aromatic rings. The minimum Gasteiger partial charge on any atom is -0.311 e. The molecule has 0 amide bonds. The topological polar surface area (TPSA) is 29.9 Å². The largest absolute Gasteiger partial charge is 0.311 e. The Kier molecular flexibility index (Phi) is 4.01. The van der Waals surface area contributed by atoms with E-state index in [2.05, 4.69) is 30.5 Å². The van der Waals surface area contributed by atoms with Crippen molar-refractivity contribution in [3.8, 4) is 0 Å². The molecule has 0 aliphatic heterocycles. The van der Waals surface area contributed by atoms with E-state index in [-0.39, 0.29) is 0 Å². The Morgan fingerprint density at radius 1 is 1.57 bits per heavy atom. The predicted molar refractivity (Wildman–Crippen MR) is 62.5 cm³/mol. The van der Waals surface area contributed by atoms with Gasteiger partial charge in [0.05, 0.1) is 6.20 Å². The molecule has 0 saturated carbocycles. The summed E-state index contributed by atoms with van der Waals surface area (Å²) in [6.45, 7) is 6.41. The van der Waals surface area contributed by atoms with E-state index in [0.29, 0.717) is 4.75 Å². The first-order chi connectivity index (χ1) is 6.53. The maximum Gasteiger partial charge on any atom is 0.0534 e. The second-order valence-corrected chi connectivity index (χ2v) is 5.60. The number of hydrogen-bond acceptors (Lipinski definition) is 3. The second kappa shape index (κ2) is 4.84. The Labute approximate surface area is 90.3 Å². The maximum atomic E-state index is 4.12. The third kappa shape index (κ3) is 3.72. The van der Waals surface area contributed by atoms with Crippen LogP contribution < -0.4 is 5.32 Å². The Morgan fingerprint density at radius 3 is 2.79 bits per heavy atom. The fraction of sp³-hybridized carbons (Fsp3) is 0.700. The summed E-state index contributed by atoms with van der Waals surface area (Å²) in [4.78, 5) is 0. The van der Waals surface area contributed by atoms with Crippen LogP contribution in [-0.4, -0.2) is 27.3 Å². The van der Waals surface area contributed by atoms with Crippen LogP contribution in [0.2, 0.25) is 0 Å². The van der Waals surface area contributed by atoms with Crippen LogP contribution in [-0.2, 0) is 13.6 Å². The van der Waals surface area contributed by atoms with E-state index in [0.717, 1.165) is 13.1 Å². The molecule has 14 heavy (non-hydrogen) atoms. The summed E-state index contributed by atoms with van der Waals surface area (Å²) < 4.78 is 2.14. The molecule has 80 valence electrons. The first-order valence-corrected chi connectivity index (χ1v) is 5.99. The third-order valence-corrected chi connectivity index (χ3v) is 3.44. The number of hydrogen-bond donors (Lipinski definition) is 1. The number of aryl methyl sites for hydroxylation is 1. The molecule has 1 heterocycles. The minimum atomic E-state index is 0.308. The SMILES string of the molecule is CSC(C)(C)CNCc1cnn(C)c1. The maximum absolute atomic E-state index is 4.12. The van der Waals surface area contributed by atoms with E-state index in [1.807, 2.05) is 35.9 Å². The Balaban J connectivity index is 2.28. The van der Waals surface area contributed by atoms with Gasteiger partial charge in [0.25, 0.3) is 0 Å². The van der Waals surface area contributed by atoms with Gasteiger partial charge < -0.3 is 5.32 Å². The smallest absolute Gasteiger partial charge is 0.0534 e. The van der Waals surface area contributed by atoms with Crippen molar-refractivity contribution in [1.82, 2.24) is 15.1 Å². The Hall–Kier alpha value is -0.480. The molecule has 0 aliphatic carbocycles. The van der Waals surface area contributed by atoms with Gasteiger partial charge in [0.1, 0.15) is 0 Å². The summed E-state index contributed by atoms with van der Waals surface area (Å²) in [5.41, 5.74) is 1.24. The fourth-order valence-corrected chi connectivity index (χ4v) is 1.39. The lowest BCUT2D eigenvalue weighted by atomic mass is 10.2. The van der Waals surface area contributed by atoms with Crippen molar-refractivity contribution in [3.05, 3.63) is 18.0 Å². The average Bonchev–Trinajstić information content (AvgIpc) is 2.51. The molecular weight excluding hydrogens is 194 g/mol. The van der Waals surface area contributed by atoms with Gasteiger partial charge in [-0.05, 0) is 20.1 Å². The molecule has 3 nitrogen and oxygen atoms in total. The lowest BCUT2D eigenvalue weighted by molar-refractivity contribution is 0.590.